The van der Waals surface area contributed by atoms with Gasteiger partial charge >= 0.3 is 0 Å². The largest absolute Gasteiger partial charge is 0.392 e. The highest BCUT2D eigenvalue weighted by Gasteiger charge is 2.33. The number of Topliss-reactive ketones (excluding diaryl/α,β-unsaturated/α-hetero) is 1. The monoisotopic (exact) mass is 552 g/mol. The molecule has 0 saturated heterocycles. The smallest absolute Gasteiger partial charge is 0.263 e. The van der Waals surface area contributed by atoms with E-state index in [2.05, 4.69) is 46.2 Å². The summed E-state index contributed by atoms with van der Waals surface area (Å²) >= 11 is 0. The third-order valence-corrected chi connectivity index (χ3v) is 8.69. The lowest BCUT2D eigenvalue weighted by Crippen LogP contribution is -2.48. The van der Waals surface area contributed by atoms with Gasteiger partial charge in [0.2, 0.25) is 5.95 Å². The fourth-order valence-corrected chi connectivity index (χ4v) is 6.53. The molecule has 2 aliphatic rings. The van der Waals surface area contributed by atoms with Crippen molar-refractivity contribution in [2.24, 2.45) is 0 Å². The maximum atomic E-state index is 13.5. The predicted octanol–water partition coefficient (Wildman–Crippen LogP) is 5.39. The van der Waals surface area contributed by atoms with E-state index in [1.54, 1.807) is 17.7 Å². The number of aliphatic hydroxyl groups is 1. The SMILES string of the molecule is CC(=O)c1c(C)c2cnc(Nc3ccc(N4Cc5ccc(CO)cc5CC4(C)C)cn3)nc2n(C2CCCC2)c1=O. The lowest BCUT2D eigenvalue weighted by molar-refractivity contribution is 0.101. The molecule has 1 aromatic carbocycles. The van der Waals surface area contributed by atoms with Crippen molar-refractivity contribution in [2.75, 3.05) is 10.2 Å². The van der Waals surface area contributed by atoms with Gasteiger partial charge in [0.15, 0.2) is 5.78 Å². The van der Waals surface area contributed by atoms with Crippen LogP contribution < -0.4 is 15.8 Å². The molecule has 0 unspecified atom stereocenters. The first-order valence-electron chi connectivity index (χ1n) is 14.3. The van der Waals surface area contributed by atoms with Crippen LogP contribution in [0.15, 0.2) is 47.5 Å². The van der Waals surface area contributed by atoms with Crippen molar-refractivity contribution in [1.29, 1.82) is 0 Å². The number of hydrogen-bond donors (Lipinski definition) is 2. The average molecular weight is 553 g/mol. The van der Waals surface area contributed by atoms with Crippen LogP contribution in [0.4, 0.5) is 17.5 Å². The lowest BCUT2D eigenvalue weighted by Gasteiger charge is -2.45. The molecule has 212 valence electrons. The molecule has 9 nitrogen and oxygen atoms in total. The summed E-state index contributed by atoms with van der Waals surface area (Å²) < 4.78 is 1.72. The third kappa shape index (κ3) is 4.88. The third-order valence-electron chi connectivity index (χ3n) is 8.69. The molecule has 4 heterocycles. The summed E-state index contributed by atoms with van der Waals surface area (Å²) in [5.74, 6) is 0.719. The molecule has 4 aromatic rings. The minimum absolute atomic E-state index is 0.0251. The highest BCUT2D eigenvalue weighted by Crippen LogP contribution is 2.36. The number of pyridine rings is 2. The van der Waals surface area contributed by atoms with Crippen LogP contribution in [0, 0.1) is 6.92 Å². The molecule has 0 bridgehead atoms. The number of hydrogen-bond acceptors (Lipinski definition) is 8. The van der Waals surface area contributed by atoms with Crippen molar-refractivity contribution >= 4 is 34.3 Å². The van der Waals surface area contributed by atoms with E-state index in [4.69, 9.17) is 4.98 Å². The molecular weight excluding hydrogens is 516 g/mol. The van der Waals surface area contributed by atoms with Gasteiger partial charge in [0.05, 0.1) is 24.1 Å². The number of aliphatic hydroxyl groups excluding tert-OH is 1. The van der Waals surface area contributed by atoms with E-state index < -0.39 is 0 Å². The number of ketones is 1. The Morgan fingerprint density at radius 2 is 1.88 bits per heavy atom. The van der Waals surface area contributed by atoms with Gasteiger partial charge < -0.3 is 15.3 Å². The summed E-state index contributed by atoms with van der Waals surface area (Å²) in [4.78, 5) is 42.2. The molecule has 1 aliphatic heterocycles. The second-order valence-corrected chi connectivity index (χ2v) is 12.0. The molecule has 0 amide bonds. The molecule has 1 aliphatic carbocycles. The fraction of sp³-hybridized carbons (Fsp3) is 0.406. The summed E-state index contributed by atoms with van der Waals surface area (Å²) in [6, 6.07) is 10.2. The number of rotatable bonds is 6. The van der Waals surface area contributed by atoms with Gasteiger partial charge in [-0.15, -0.1) is 0 Å². The molecule has 9 heteroatoms. The van der Waals surface area contributed by atoms with E-state index in [9.17, 15) is 14.7 Å². The molecule has 1 saturated carbocycles. The minimum Gasteiger partial charge on any atom is -0.392 e. The van der Waals surface area contributed by atoms with Gasteiger partial charge in [0.1, 0.15) is 11.5 Å². The van der Waals surface area contributed by atoms with Crippen LogP contribution >= 0.6 is 0 Å². The number of carbonyl (C=O) groups is 1. The molecule has 0 radical (unpaired) electrons. The van der Waals surface area contributed by atoms with E-state index in [0.29, 0.717) is 28.4 Å². The van der Waals surface area contributed by atoms with Gasteiger partial charge in [0, 0.05) is 29.7 Å². The standard InChI is InChI=1S/C32H36N6O3/c1-19-26-16-34-31(36-29(26)38(24-7-5-6-8-24)30(41)28(19)20(2)40)35-27-12-11-25(15-33-27)37-17-22-10-9-21(18-39)13-23(22)14-32(37,3)4/h9-13,15-16,24,39H,5-8,14,17-18H2,1-4H3,(H,33,34,35,36). The first-order valence-corrected chi connectivity index (χ1v) is 14.3. The molecule has 3 aromatic heterocycles. The average Bonchev–Trinajstić information content (AvgIpc) is 3.47. The number of aryl methyl sites for hydroxylation is 1. The Morgan fingerprint density at radius 3 is 2.56 bits per heavy atom. The number of nitrogens with zero attached hydrogens (tertiary/aromatic N) is 5. The highest BCUT2D eigenvalue weighted by molar-refractivity contribution is 5.99. The van der Waals surface area contributed by atoms with E-state index in [0.717, 1.165) is 49.9 Å². The zero-order valence-electron chi connectivity index (χ0n) is 24.1. The summed E-state index contributed by atoms with van der Waals surface area (Å²) in [5, 5.41) is 13.5. The second-order valence-electron chi connectivity index (χ2n) is 12.0. The van der Waals surface area contributed by atoms with Crippen LogP contribution in [-0.4, -0.2) is 35.9 Å². The van der Waals surface area contributed by atoms with Crippen LogP contribution in [0.1, 0.15) is 85.1 Å². The van der Waals surface area contributed by atoms with Gasteiger partial charge in [-0.25, -0.2) is 9.97 Å². The van der Waals surface area contributed by atoms with Gasteiger partial charge in [-0.2, -0.15) is 4.98 Å². The molecule has 6 rings (SSSR count). The molecule has 2 N–H and O–H groups in total. The van der Waals surface area contributed by atoms with Crippen LogP contribution in [0.25, 0.3) is 11.0 Å². The van der Waals surface area contributed by atoms with Gasteiger partial charge in [0.25, 0.3) is 5.56 Å². The fourth-order valence-electron chi connectivity index (χ4n) is 6.53. The molecule has 1 fully saturated rings. The minimum atomic E-state index is -0.264. The van der Waals surface area contributed by atoms with E-state index in [1.165, 1.54) is 18.1 Å². The van der Waals surface area contributed by atoms with E-state index >= 15 is 0 Å². The summed E-state index contributed by atoms with van der Waals surface area (Å²) in [6.07, 6.45) is 8.32. The normalized spacial score (nSPS) is 16.7. The maximum absolute atomic E-state index is 13.5. The predicted molar refractivity (Wildman–Crippen MR) is 160 cm³/mol. The Balaban J connectivity index is 1.30. The Hall–Kier alpha value is -4.11. The molecule has 0 spiro atoms. The van der Waals surface area contributed by atoms with Crippen molar-refractivity contribution < 1.29 is 9.90 Å². The second kappa shape index (κ2) is 10.4. The number of nitrogens with one attached hydrogen (secondary N) is 1. The van der Waals surface area contributed by atoms with E-state index in [1.807, 2.05) is 24.4 Å². The van der Waals surface area contributed by atoms with Crippen molar-refractivity contribution in [2.45, 2.75) is 84.5 Å². The van der Waals surface area contributed by atoms with E-state index in [-0.39, 0.29) is 35.1 Å². The first-order chi connectivity index (χ1) is 19.7. The number of fused-ring (bicyclic) bond motifs is 2. The van der Waals surface area contributed by atoms with Crippen molar-refractivity contribution in [3.8, 4) is 0 Å². The van der Waals surface area contributed by atoms with Gasteiger partial charge in [-0.1, -0.05) is 31.0 Å². The summed E-state index contributed by atoms with van der Waals surface area (Å²) in [5.41, 5.74) is 5.50. The van der Waals surface area contributed by atoms with Crippen LogP contribution in [0.2, 0.25) is 0 Å². The van der Waals surface area contributed by atoms with Crippen molar-refractivity contribution in [1.82, 2.24) is 19.5 Å². The molecule has 41 heavy (non-hydrogen) atoms. The van der Waals surface area contributed by atoms with Crippen molar-refractivity contribution in [3.05, 3.63) is 80.9 Å². The first kappa shape index (κ1) is 27.1. The quantitative estimate of drug-likeness (QED) is 0.306. The van der Waals surface area contributed by atoms with Crippen LogP contribution in [0.5, 0.6) is 0 Å². The molecular formula is C32H36N6O3. The number of aromatic nitrogens is 4. The Bertz CT molecular complexity index is 1700. The summed E-state index contributed by atoms with van der Waals surface area (Å²) in [6.45, 7) is 8.49. The lowest BCUT2D eigenvalue weighted by atomic mass is 9.84. The molecule has 0 atom stereocenters. The van der Waals surface area contributed by atoms with Crippen molar-refractivity contribution in [3.63, 3.8) is 0 Å². The zero-order valence-corrected chi connectivity index (χ0v) is 24.1. The van der Waals surface area contributed by atoms with Crippen LogP contribution in [0.3, 0.4) is 0 Å². The number of carbonyl (C=O) groups excluding carboxylic acids is 1. The number of anilines is 3. The Morgan fingerprint density at radius 1 is 1.10 bits per heavy atom. The van der Waals surface area contributed by atoms with Crippen LogP contribution in [-0.2, 0) is 19.6 Å². The highest BCUT2D eigenvalue weighted by atomic mass is 16.3. The number of benzene rings is 1. The summed E-state index contributed by atoms with van der Waals surface area (Å²) in [7, 11) is 0. The van der Waals surface area contributed by atoms with Gasteiger partial charge in [-0.05, 0) is 81.3 Å². The zero-order chi connectivity index (χ0) is 28.9. The Labute approximate surface area is 239 Å². The topological polar surface area (TPSA) is 113 Å². The Kier molecular flexibility index (Phi) is 6.85. The van der Waals surface area contributed by atoms with Gasteiger partial charge in [-0.3, -0.25) is 14.2 Å². The maximum Gasteiger partial charge on any atom is 0.263 e.